The second kappa shape index (κ2) is 7.35. The summed E-state index contributed by atoms with van der Waals surface area (Å²) in [7, 11) is 2.07. The molecule has 0 aliphatic heterocycles. The van der Waals surface area contributed by atoms with Crippen molar-refractivity contribution in [3.8, 4) is 0 Å². The third-order valence-electron chi connectivity index (χ3n) is 3.85. The van der Waals surface area contributed by atoms with Crippen molar-refractivity contribution in [1.29, 1.82) is 0 Å². The Morgan fingerprint density at radius 2 is 1.74 bits per heavy atom. The van der Waals surface area contributed by atoms with Crippen molar-refractivity contribution in [3.05, 3.63) is 29.8 Å². The second-order valence-corrected chi connectivity index (χ2v) is 7.46. The van der Waals surface area contributed by atoms with Crippen LogP contribution in [0, 0.1) is 5.92 Å². The molecule has 0 saturated carbocycles. The zero-order chi connectivity index (χ0) is 14.5. The molecule has 1 aromatic rings. The Labute approximate surface area is 123 Å². The summed E-state index contributed by atoms with van der Waals surface area (Å²) < 4.78 is 0. The highest BCUT2D eigenvalue weighted by Crippen LogP contribution is 2.26. The van der Waals surface area contributed by atoms with E-state index in [0.717, 1.165) is 11.7 Å². The molecule has 2 atom stereocenters. The fourth-order valence-electron chi connectivity index (χ4n) is 2.05. The maximum atomic E-state index is 3.44. The molecule has 0 heterocycles. The Hall–Kier alpha value is -0.470. The van der Waals surface area contributed by atoms with E-state index >= 15 is 0 Å². The largest absolute Gasteiger partial charge is 0.316 e. The van der Waals surface area contributed by atoms with Crippen LogP contribution in [0.15, 0.2) is 29.2 Å². The summed E-state index contributed by atoms with van der Waals surface area (Å²) in [5.41, 5.74) is 1.65. The summed E-state index contributed by atoms with van der Waals surface area (Å²) >= 11 is 1.95. The van der Waals surface area contributed by atoms with Crippen molar-refractivity contribution < 1.29 is 0 Å². The third kappa shape index (κ3) is 5.19. The van der Waals surface area contributed by atoms with E-state index in [9.17, 15) is 0 Å². The van der Waals surface area contributed by atoms with Gasteiger partial charge in [0, 0.05) is 16.7 Å². The summed E-state index contributed by atoms with van der Waals surface area (Å²) in [5.74, 6) is 1.87. The first kappa shape index (κ1) is 16.6. The van der Waals surface area contributed by atoms with Crippen LogP contribution < -0.4 is 5.32 Å². The molecule has 0 fully saturated rings. The summed E-state index contributed by atoms with van der Waals surface area (Å²) in [6.07, 6.45) is 1.23. The van der Waals surface area contributed by atoms with Gasteiger partial charge in [-0.15, -0.1) is 11.8 Å². The van der Waals surface area contributed by atoms with Crippen molar-refractivity contribution in [1.82, 2.24) is 5.32 Å². The van der Waals surface area contributed by atoms with Gasteiger partial charge in [-0.1, -0.05) is 53.2 Å². The highest BCUT2D eigenvalue weighted by atomic mass is 32.2. The predicted octanol–water partition coefficient (Wildman–Crippen LogP) is 4.71. The van der Waals surface area contributed by atoms with E-state index in [1.54, 1.807) is 0 Å². The van der Waals surface area contributed by atoms with Gasteiger partial charge < -0.3 is 5.32 Å². The Balaban J connectivity index is 2.59. The number of hydrogen-bond donors (Lipinski definition) is 1. The second-order valence-electron chi connectivity index (χ2n) is 6.37. The number of thioether (sulfide) groups is 1. The lowest BCUT2D eigenvalue weighted by atomic mass is 9.87. The van der Waals surface area contributed by atoms with Crippen molar-refractivity contribution in [3.63, 3.8) is 0 Å². The van der Waals surface area contributed by atoms with Crippen molar-refractivity contribution >= 4 is 11.8 Å². The molecule has 1 nitrogen and oxygen atoms in total. The molecule has 0 spiro atoms. The first-order valence-corrected chi connectivity index (χ1v) is 8.27. The molecule has 1 aromatic carbocycles. The van der Waals surface area contributed by atoms with Crippen LogP contribution in [0.2, 0.25) is 0 Å². The molecule has 2 heteroatoms. The SMILES string of the molecule is CCC(C)C(CSc1ccc(C(C)(C)C)cc1)NC. The van der Waals surface area contributed by atoms with Gasteiger partial charge in [-0.2, -0.15) is 0 Å². The van der Waals surface area contributed by atoms with Crippen LogP contribution >= 0.6 is 11.8 Å². The maximum absolute atomic E-state index is 3.44. The minimum absolute atomic E-state index is 0.243. The summed E-state index contributed by atoms with van der Waals surface area (Å²) in [6, 6.07) is 9.64. The molecule has 19 heavy (non-hydrogen) atoms. The van der Waals surface area contributed by atoms with Gasteiger partial charge in [0.15, 0.2) is 0 Å². The molecule has 0 aliphatic rings. The van der Waals surface area contributed by atoms with Crippen LogP contribution in [-0.4, -0.2) is 18.8 Å². The van der Waals surface area contributed by atoms with E-state index < -0.39 is 0 Å². The van der Waals surface area contributed by atoms with Gasteiger partial charge in [-0.3, -0.25) is 0 Å². The van der Waals surface area contributed by atoms with Gasteiger partial charge in [0.1, 0.15) is 0 Å². The van der Waals surface area contributed by atoms with Crippen molar-refractivity contribution in [2.45, 2.75) is 57.4 Å². The maximum Gasteiger partial charge on any atom is 0.0184 e. The minimum atomic E-state index is 0.243. The molecule has 1 rings (SSSR count). The van der Waals surface area contributed by atoms with E-state index in [-0.39, 0.29) is 5.41 Å². The van der Waals surface area contributed by atoms with Crippen LogP contribution in [0.5, 0.6) is 0 Å². The highest BCUT2D eigenvalue weighted by Gasteiger charge is 2.15. The molecule has 1 N–H and O–H groups in total. The Morgan fingerprint density at radius 3 is 2.16 bits per heavy atom. The standard InChI is InChI=1S/C17H29NS/c1-7-13(2)16(18-6)12-19-15-10-8-14(9-11-15)17(3,4)5/h8-11,13,16,18H,7,12H2,1-6H3. The molecular weight excluding hydrogens is 250 g/mol. The zero-order valence-corrected chi connectivity index (χ0v) is 14.1. The number of rotatable bonds is 6. The first-order valence-electron chi connectivity index (χ1n) is 7.29. The predicted molar refractivity (Wildman–Crippen MR) is 88.2 cm³/mol. The lowest BCUT2D eigenvalue weighted by Gasteiger charge is -2.22. The number of benzene rings is 1. The molecule has 0 radical (unpaired) electrons. The Morgan fingerprint density at radius 1 is 1.16 bits per heavy atom. The fraction of sp³-hybridized carbons (Fsp3) is 0.647. The van der Waals surface area contributed by atoms with Gasteiger partial charge >= 0.3 is 0 Å². The van der Waals surface area contributed by atoms with Crippen LogP contribution in [-0.2, 0) is 5.41 Å². The molecular formula is C17H29NS. The van der Waals surface area contributed by atoms with E-state index in [1.807, 2.05) is 11.8 Å². The van der Waals surface area contributed by atoms with E-state index in [2.05, 4.69) is 71.2 Å². The van der Waals surface area contributed by atoms with Crippen LogP contribution in [0.4, 0.5) is 0 Å². The topological polar surface area (TPSA) is 12.0 Å². The summed E-state index contributed by atoms with van der Waals surface area (Å²) in [6.45, 7) is 11.4. The van der Waals surface area contributed by atoms with Gasteiger partial charge in [-0.05, 0) is 36.1 Å². The van der Waals surface area contributed by atoms with E-state index in [4.69, 9.17) is 0 Å². The monoisotopic (exact) mass is 279 g/mol. The molecule has 0 bridgehead atoms. The molecule has 0 amide bonds. The lowest BCUT2D eigenvalue weighted by Crippen LogP contribution is -2.34. The number of hydrogen-bond acceptors (Lipinski definition) is 2. The van der Waals surface area contributed by atoms with Gasteiger partial charge in [0.05, 0.1) is 0 Å². The number of nitrogens with one attached hydrogen (secondary N) is 1. The lowest BCUT2D eigenvalue weighted by molar-refractivity contribution is 0.420. The van der Waals surface area contributed by atoms with E-state index in [1.165, 1.54) is 16.9 Å². The minimum Gasteiger partial charge on any atom is -0.316 e. The Bertz CT molecular complexity index is 364. The summed E-state index contributed by atoms with van der Waals surface area (Å²) in [5, 5.41) is 3.44. The van der Waals surface area contributed by atoms with Crippen molar-refractivity contribution in [2.75, 3.05) is 12.8 Å². The van der Waals surface area contributed by atoms with Crippen LogP contribution in [0.3, 0.4) is 0 Å². The first-order chi connectivity index (χ1) is 8.88. The van der Waals surface area contributed by atoms with Gasteiger partial charge in [0.2, 0.25) is 0 Å². The van der Waals surface area contributed by atoms with Crippen LogP contribution in [0.25, 0.3) is 0 Å². The molecule has 0 saturated heterocycles. The summed E-state index contributed by atoms with van der Waals surface area (Å²) in [4.78, 5) is 1.37. The average molecular weight is 279 g/mol. The van der Waals surface area contributed by atoms with Crippen molar-refractivity contribution in [2.24, 2.45) is 5.92 Å². The van der Waals surface area contributed by atoms with Gasteiger partial charge in [-0.25, -0.2) is 0 Å². The van der Waals surface area contributed by atoms with Gasteiger partial charge in [0.25, 0.3) is 0 Å². The van der Waals surface area contributed by atoms with Crippen LogP contribution in [0.1, 0.15) is 46.6 Å². The molecule has 108 valence electrons. The molecule has 0 aliphatic carbocycles. The van der Waals surface area contributed by atoms with E-state index in [0.29, 0.717) is 6.04 Å². The average Bonchev–Trinajstić information content (AvgIpc) is 2.38. The molecule has 0 aromatic heterocycles. The molecule has 2 unspecified atom stereocenters. The highest BCUT2D eigenvalue weighted by molar-refractivity contribution is 7.99. The smallest absolute Gasteiger partial charge is 0.0184 e. The third-order valence-corrected chi connectivity index (χ3v) is 4.98. The zero-order valence-electron chi connectivity index (χ0n) is 13.3. The fourth-order valence-corrected chi connectivity index (χ4v) is 3.25. The quantitative estimate of drug-likeness (QED) is 0.757. The Kier molecular flexibility index (Phi) is 6.41. The normalized spacial score (nSPS) is 15.3.